The molecule has 192 valence electrons. The first-order valence-corrected chi connectivity index (χ1v) is 12.0. The van der Waals surface area contributed by atoms with Gasteiger partial charge in [-0.3, -0.25) is 9.59 Å². The fraction of sp³-hybridized carbons (Fsp3) is 0.161. The van der Waals surface area contributed by atoms with E-state index in [4.69, 9.17) is 13.9 Å². The Morgan fingerprint density at radius 1 is 0.789 bits per heavy atom. The van der Waals surface area contributed by atoms with Crippen molar-refractivity contribution < 1.29 is 28.9 Å². The first-order chi connectivity index (χ1) is 18.2. The van der Waals surface area contributed by atoms with Gasteiger partial charge >= 0.3 is 5.97 Å². The van der Waals surface area contributed by atoms with E-state index in [2.05, 4.69) is 0 Å². The summed E-state index contributed by atoms with van der Waals surface area (Å²) in [6.07, 6.45) is 0. The van der Waals surface area contributed by atoms with E-state index >= 15 is 0 Å². The number of methoxy groups -OCH3 is 1. The Hall–Kier alpha value is -4.78. The Bertz CT molecular complexity index is 1730. The van der Waals surface area contributed by atoms with Crippen LogP contribution in [-0.4, -0.2) is 23.3 Å². The lowest BCUT2D eigenvalue weighted by Crippen LogP contribution is -2.34. The van der Waals surface area contributed by atoms with Crippen LogP contribution in [0, 0.1) is 5.41 Å². The lowest BCUT2D eigenvalue weighted by molar-refractivity contribution is -0.151. The quantitative estimate of drug-likeness (QED) is 0.207. The van der Waals surface area contributed by atoms with Crippen molar-refractivity contribution in [3.8, 4) is 23.0 Å². The highest BCUT2D eigenvalue weighted by atomic mass is 16.5. The maximum atomic E-state index is 12.3. The van der Waals surface area contributed by atoms with Crippen LogP contribution in [0.3, 0.4) is 0 Å². The summed E-state index contributed by atoms with van der Waals surface area (Å²) < 4.78 is 16.4. The van der Waals surface area contributed by atoms with Crippen molar-refractivity contribution in [1.82, 2.24) is 0 Å². The van der Waals surface area contributed by atoms with Crippen LogP contribution in [0.1, 0.15) is 30.9 Å². The smallest absolute Gasteiger partial charge is 0.312 e. The Morgan fingerprint density at radius 2 is 1.42 bits per heavy atom. The van der Waals surface area contributed by atoms with Gasteiger partial charge in [-0.15, -0.1) is 0 Å². The molecule has 6 rings (SSSR count). The number of phenolic OH excluding ortho intramolecular Hbond substituents is 2. The highest BCUT2D eigenvalue weighted by Gasteiger charge is 2.44. The first-order valence-electron chi connectivity index (χ1n) is 12.0. The maximum Gasteiger partial charge on any atom is 0.312 e. The number of para-hydroxylation sites is 2. The average molecular weight is 511 g/mol. The van der Waals surface area contributed by atoms with Crippen molar-refractivity contribution in [2.24, 2.45) is 5.41 Å². The van der Waals surface area contributed by atoms with Crippen LogP contribution >= 0.6 is 0 Å². The van der Waals surface area contributed by atoms with E-state index in [0.717, 1.165) is 11.1 Å². The predicted octanol–water partition coefficient (Wildman–Crippen LogP) is 6.48. The first kappa shape index (κ1) is 24.9. The number of carbonyl (C=O) groups is 1. The molecule has 2 N–H and O–H groups in total. The number of aromatic hydroxyl groups is 2. The summed E-state index contributed by atoms with van der Waals surface area (Å²) in [4.78, 5) is 24.4. The van der Waals surface area contributed by atoms with E-state index in [-0.39, 0.29) is 28.8 Å². The molecule has 0 saturated heterocycles. The molecule has 0 aliphatic carbocycles. The Balaban J connectivity index is 0.000000162. The molecule has 2 heterocycles. The predicted molar refractivity (Wildman–Crippen MR) is 144 cm³/mol. The molecule has 7 heteroatoms. The van der Waals surface area contributed by atoms with Crippen LogP contribution in [-0.2, 0) is 9.53 Å². The summed E-state index contributed by atoms with van der Waals surface area (Å²) >= 11 is 0. The molecule has 0 spiro atoms. The molecule has 0 fully saturated rings. The normalized spacial score (nSPS) is 14.0. The molecule has 38 heavy (non-hydrogen) atoms. The lowest BCUT2D eigenvalue weighted by Gasteiger charge is -2.37. The molecule has 5 aromatic rings. The minimum Gasteiger partial charge on any atom is -0.508 e. The SMILES string of the molecule is COC(=O)C(C)(C)C1c2ccccc2Oc2cc(O)ccc21.O=c1c2ccccc2oc2cc(O)ccc12. The highest BCUT2D eigenvalue weighted by molar-refractivity contribution is 5.90. The van der Waals surface area contributed by atoms with E-state index in [1.165, 1.54) is 19.2 Å². The summed E-state index contributed by atoms with van der Waals surface area (Å²) in [7, 11) is 1.40. The van der Waals surface area contributed by atoms with Gasteiger partial charge in [-0.2, -0.15) is 0 Å². The Morgan fingerprint density at radius 3 is 2.21 bits per heavy atom. The number of hydrogen-bond donors (Lipinski definition) is 2. The van der Waals surface area contributed by atoms with Crippen LogP contribution in [0.15, 0.2) is 94.1 Å². The molecule has 0 radical (unpaired) electrons. The Kier molecular flexibility index (Phi) is 6.28. The summed E-state index contributed by atoms with van der Waals surface area (Å²) in [6.45, 7) is 3.73. The van der Waals surface area contributed by atoms with Gasteiger partial charge < -0.3 is 24.1 Å². The monoisotopic (exact) mass is 510 g/mol. The third-order valence-electron chi connectivity index (χ3n) is 6.75. The molecule has 1 aromatic heterocycles. The second-order valence-electron chi connectivity index (χ2n) is 9.62. The van der Waals surface area contributed by atoms with Gasteiger partial charge in [0.25, 0.3) is 0 Å². The van der Waals surface area contributed by atoms with Gasteiger partial charge in [0.15, 0.2) is 0 Å². The zero-order valence-corrected chi connectivity index (χ0v) is 21.1. The van der Waals surface area contributed by atoms with Gasteiger partial charge in [0.2, 0.25) is 5.43 Å². The molecule has 7 nitrogen and oxygen atoms in total. The molecule has 1 aliphatic heterocycles. The fourth-order valence-electron chi connectivity index (χ4n) is 4.90. The molecule has 4 aromatic carbocycles. The molecule has 0 bridgehead atoms. The number of hydrogen-bond acceptors (Lipinski definition) is 7. The molecule has 0 saturated carbocycles. The van der Waals surface area contributed by atoms with Crippen molar-refractivity contribution in [2.75, 3.05) is 7.11 Å². The molecule has 1 aliphatic rings. The van der Waals surface area contributed by atoms with E-state index < -0.39 is 5.41 Å². The van der Waals surface area contributed by atoms with Crippen molar-refractivity contribution in [3.05, 3.63) is 106 Å². The second-order valence-corrected chi connectivity index (χ2v) is 9.62. The maximum absolute atomic E-state index is 12.3. The van der Waals surface area contributed by atoms with Gasteiger partial charge in [-0.05, 0) is 50.2 Å². The highest BCUT2D eigenvalue weighted by Crippen LogP contribution is 2.52. The molecule has 1 atom stereocenters. The number of benzene rings is 4. The van der Waals surface area contributed by atoms with Gasteiger partial charge in [0.05, 0.1) is 23.3 Å². The summed E-state index contributed by atoms with van der Waals surface area (Å²) in [6, 6.07) is 24.2. The topological polar surface area (TPSA) is 106 Å². The third-order valence-corrected chi connectivity index (χ3v) is 6.75. The zero-order valence-electron chi connectivity index (χ0n) is 21.1. The van der Waals surface area contributed by atoms with Crippen molar-refractivity contribution in [3.63, 3.8) is 0 Å². The van der Waals surface area contributed by atoms with Crippen LogP contribution in [0.2, 0.25) is 0 Å². The molecule has 1 unspecified atom stereocenters. The van der Waals surface area contributed by atoms with Crippen molar-refractivity contribution >= 4 is 27.9 Å². The van der Waals surface area contributed by atoms with Crippen molar-refractivity contribution in [2.45, 2.75) is 19.8 Å². The Labute approximate surface area is 218 Å². The number of ether oxygens (including phenoxy) is 2. The van der Waals surface area contributed by atoms with Gasteiger partial charge in [0, 0.05) is 29.2 Å². The average Bonchev–Trinajstić information content (AvgIpc) is 2.91. The van der Waals surface area contributed by atoms with Gasteiger partial charge in [-0.1, -0.05) is 36.4 Å². The number of esters is 1. The number of fused-ring (bicyclic) bond motifs is 4. The van der Waals surface area contributed by atoms with Crippen LogP contribution in [0.25, 0.3) is 21.9 Å². The minimum atomic E-state index is -0.764. The molecular formula is C31H26O7. The fourth-order valence-corrected chi connectivity index (χ4v) is 4.90. The van der Waals surface area contributed by atoms with E-state index in [0.29, 0.717) is 33.4 Å². The van der Waals surface area contributed by atoms with Crippen LogP contribution < -0.4 is 10.2 Å². The van der Waals surface area contributed by atoms with Gasteiger partial charge in [-0.25, -0.2) is 0 Å². The number of phenols is 2. The molecular weight excluding hydrogens is 484 g/mol. The largest absolute Gasteiger partial charge is 0.508 e. The minimum absolute atomic E-state index is 0.0724. The van der Waals surface area contributed by atoms with E-state index in [9.17, 15) is 19.8 Å². The second kappa shape index (κ2) is 9.59. The van der Waals surface area contributed by atoms with Crippen LogP contribution in [0.5, 0.6) is 23.0 Å². The number of carbonyl (C=O) groups excluding carboxylic acids is 1. The van der Waals surface area contributed by atoms with Gasteiger partial charge in [0.1, 0.15) is 34.2 Å². The van der Waals surface area contributed by atoms with E-state index in [1.54, 1.807) is 48.5 Å². The molecule has 0 amide bonds. The van der Waals surface area contributed by atoms with Crippen molar-refractivity contribution in [1.29, 1.82) is 0 Å². The standard InChI is InChI=1S/C18H18O4.C13H8O3/c1-18(2,17(20)21-3)16-12-6-4-5-7-14(12)22-15-10-11(19)8-9-13(15)16;14-8-5-6-10-12(7-8)16-11-4-2-1-3-9(11)13(10)15/h4-10,16,19H,1-3H3;1-7,14H. The summed E-state index contributed by atoms with van der Waals surface area (Å²) in [5.41, 5.74) is 1.91. The summed E-state index contributed by atoms with van der Waals surface area (Å²) in [5, 5.41) is 20.1. The lowest BCUT2D eigenvalue weighted by atomic mass is 9.70. The zero-order chi connectivity index (χ0) is 27.0. The number of rotatable bonds is 2. The van der Waals surface area contributed by atoms with Crippen LogP contribution in [0.4, 0.5) is 0 Å². The van der Waals surface area contributed by atoms with E-state index in [1.807, 2.05) is 38.1 Å². The summed E-state index contributed by atoms with van der Waals surface area (Å²) in [5.74, 6) is 0.996. The third kappa shape index (κ3) is 4.32.